The number of carboxylic acids is 1. The van der Waals surface area contributed by atoms with E-state index in [1.165, 1.54) is 12.3 Å². The molecule has 2 heterocycles. The second kappa shape index (κ2) is 5.41. The summed E-state index contributed by atoms with van der Waals surface area (Å²) >= 11 is 5.88. The fraction of sp³-hybridized carbons (Fsp3) is 0.0714. The van der Waals surface area contributed by atoms with E-state index in [2.05, 4.69) is 10.2 Å². The predicted octanol–water partition coefficient (Wildman–Crippen LogP) is 2.66. The molecule has 0 spiro atoms. The average molecular weight is 304 g/mol. The van der Waals surface area contributed by atoms with Gasteiger partial charge in [0.15, 0.2) is 11.5 Å². The van der Waals surface area contributed by atoms with E-state index in [-0.39, 0.29) is 12.2 Å². The Morgan fingerprint density at radius 1 is 1.29 bits per heavy atom. The second-order valence-electron chi connectivity index (χ2n) is 4.31. The molecule has 0 fully saturated rings. The molecule has 2 aromatic heterocycles. The minimum absolute atomic E-state index is 0.157. The van der Waals surface area contributed by atoms with E-state index in [0.717, 1.165) is 0 Å². The molecule has 1 N–H and O–H groups in total. The summed E-state index contributed by atoms with van der Waals surface area (Å²) in [7, 11) is 0. The molecule has 0 atom stereocenters. The van der Waals surface area contributed by atoms with Gasteiger partial charge in [0.05, 0.1) is 5.56 Å². The Hall–Kier alpha value is -2.60. The maximum absolute atomic E-state index is 11.0. The molecule has 0 unspecified atom stereocenters. The third kappa shape index (κ3) is 2.80. The summed E-state index contributed by atoms with van der Waals surface area (Å²) < 4.78 is 7.18. The highest BCUT2D eigenvalue weighted by atomic mass is 35.5. The van der Waals surface area contributed by atoms with Crippen molar-refractivity contribution in [3.63, 3.8) is 0 Å². The van der Waals surface area contributed by atoms with Crippen LogP contribution in [-0.2, 0) is 6.61 Å². The van der Waals surface area contributed by atoms with Crippen LogP contribution in [0, 0.1) is 0 Å². The van der Waals surface area contributed by atoms with Crippen LogP contribution in [0.4, 0.5) is 0 Å². The van der Waals surface area contributed by atoms with Crippen LogP contribution < -0.4 is 4.74 Å². The summed E-state index contributed by atoms with van der Waals surface area (Å²) in [6.45, 7) is 0.157. The average Bonchev–Trinajstić information content (AvgIpc) is 2.87. The van der Waals surface area contributed by atoms with Crippen LogP contribution in [0.5, 0.6) is 5.75 Å². The minimum atomic E-state index is -1.01. The first kappa shape index (κ1) is 13.4. The monoisotopic (exact) mass is 303 g/mol. The molecule has 21 heavy (non-hydrogen) atoms. The standard InChI is InChI=1S/C14H10ClN3O3/c15-10-2-1-3-11(6-10)21-8-13-17-16-12-5-4-9(14(19)20)7-18(12)13/h1-7H,8H2,(H,19,20). The maximum atomic E-state index is 11.0. The molecular weight excluding hydrogens is 294 g/mol. The Balaban J connectivity index is 1.86. The van der Waals surface area contributed by atoms with Crippen LogP contribution in [0.3, 0.4) is 0 Å². The topological polar surface area (TPSA) is 76.7 Å². The van der Waals surface area contributed by atoms with Gasteiger partial charge in [-0.2, -0.15) is 0 Å². The van der Waals surface area contributed by atoms with Gasteiger partial charge in [-0.25, -0.2) is 4.79 Å². The van der Waals surface area contributed by atoms with Crippen LogP contribution in [0.2, 0.25) is 5.02 Å². The van der Waals surface area contributed by atoms with Gasteiger partial charge in [0.2, 0.25) is 0 Å². The van der Waals surface area contributed by atoms with Crippen molar-refractivity contribution in [2.45, 2.75) is 6.61 Å². The molecule has 7 heteroatoms. The highest BCUT2D eigenvalue weighted by molar-refractivity contribution is 6.30. The lowest BCUT2D eigenvalue weighted by Crippen LogP contribution is -2.04. The van der Waals surface area contributed by atoms with Gasteiger partial charge in [-0.3, -0.25) is 4.40 Å². The first-order valence-corrected chi connectivity index (χ1v) is 6.46. The fourth-order valence-electron chi connectivity index (χ4n) is 1.87. The van der Waals surface area contributed by atoms with Crippen LogP contribution in [0.1, 0.15) is 16.2 Å². The zero-order valence-electron chi connectivity index (χ0n) is 10.7. The van der Waals surface area contributed by atoms with E-state index in [1.54, 1.807) is 34.7 Å². The van der Waals surface area contributed by atoms with Crippen molar-refractivity contribution in [1.29, 1.82) is 0 Å². The summed E-state index contributed by atoms with van der Waals surface area (Å²) in [5, 5.41) is 17.5. The van der Waals surface area contributed by atoms with Gasteiger partial charge in [0, 0.05) is 11.2 Å². The summed E-state index contributed by atoms with van der Waals surface area (Å²) in [5.41, 5.74) is 0.719. The van der Waals surface area contributed by atoms with Gasteiger partial charge in [0.25, 0.3) is 0 Å². The number of nitrogens with zero attached hydrogens (tertiary/aromatic N) is 3. The normalized spacial score (nSPS) is 10.7. The Bertz CT molecular complexity index is 816. The van der Waals surface area contributed by atoms with Gasteiger partial charge in [0.1, 0.15) is 12.4 Å². The molecule has 106 valence electrons. The Labute approximate surface area is 124 Å². The molecule has 0 aliphatic carbocycles. The molecular formula is C14H10ClN3O3. The zero-order chi connectivity index (χ0) is 14.8. The van der Waals surface area contributed by atoms with E-state index in [4.69, 9.17) is 21.4 Å². The molecule has 0 aliphatic rings. The quantitative estimate of drug-likeness (QED) is 0.802. The van der Waals surface area contributed by atoms with Crippen molar-refractivity contribution in [3.05, 3.63) is 59.0 Å². The number of carboxylic acid groups (broad SMARTS) is 1. The predicted molar refractivity (Wildman–Crippen MR) is 75.7 cm³/mol. The van der Waals surface area contributed by atoms with Gasteiger partial charge in [-0.1, -0.05) is 17.7 Å². The molecule has 3 rings (SSSR count). The van der Waals surface area contributed by atoms with Crippen LogP contribution in [0.25, 0.3) is 5.65 Å². The third-order valence-corrected chi connectivity index (χ3v) is 3.12. The molecule has 0 radical (unpaired) electrons. The van der Waals surface area contributed by atoms with E-state index >= 15 is 0 Å². The molecule has 0 aliphatic heterocycles. The highest BCUT2D eigenvalue weighted by Crippen LogP contribution is 2.18. The van der Waals surface area contributed by atoms with Gasteiger partial charge in [-0.05, 0) is 30.3 Å². The van der Waals surface area contributed by atoms with Gasteiger partial charge >= 0.3 is 5.97 Å². The molecule has 6 nitrogen and oxygen atoms in total. The molecule has 3 aromatic rings. The van der Waals surface area contributed by atoms with Gasteiger partial charge in [-0.15, -0.1) is 10.2 Å². The lowest BCUT2D eigenvalue weighted by Gasteiger charge is -2.05. The summed E-state index contributed by atoms with van der Waals surface area (Å²) in [5.74, 6) is 0.106. The van der Waals surface area contributed by atoms with Crippen molar-refractivity contribution < 1.29 is 14.6 Å². The van der Waals surface area contributed by atoms with Crippen molar-refractivity contribution >= 4 is 23.2 Å². The number of benzene rings is 1. The molecule has 0 saturated carbocycles. The summed E-state index contributed by atoms with van der Waals surface area (Å²) in [6, 6.07) is 10.1. The largest absolute Gasteiger partial charge is 0.486 e. The summed E-state index contributed by atoms with van der Waals surface area (Å²) in [6.07, 6.45) is 1.47. The zero-order valence-corrected chi connectivity index (χ0v) is 11.5. The summed E-state index contributed by atoms with van der Waals surface area (Å²) in [4.78, 5) is 11.0. The number of hydrogen-bond acceptors (Lipinski definition) is 4. The van der Waals surface area contributed by atoms with Crippen molar-refractivity contribution in [2.75, 3.05) is 0 Å². The number of pyridine rings is 1. The molecule has 1 aromatic carbocycles. The van der Waals surface area contributed by atoms with Crippen LogP contribution in [0.15, 0.2) is 42.6 Å². The lowest BCUT2D eigenvalue weighted by atomic mass is 10.3. The number of carbonyl (C=O) groups is 1. The number of halogens is 1. The fourth-order valence-corrected chi connectivity index (χ4v) is 2.05. The first-order chi connectivity index (χ1) is 10.1. The molecule has 0 saturated heterocycles. The number of hydrogen-bond donors (Lipinski definition) is 1. The Morgan fingerprint density at radius 2 is 2.14 bits per heavy atom. The smallest absolute Gasteiger partial charge is 0.337 e. The number of aromatic carboxylic acids is 1. The van der Waals surface area contributed by atoms with E-state index < -0.39 is 5.97 Å². The Kier molecular flexibility index (Phi) is 3.45. The number of fused-ring (bicyclic) bond motifs is 1. The van der Waals surface area contributed by atoms with Crippen LogP contribution >= 0.6 is 11.6 Å². The number of aromatic nitrogens is 3. The number of rotatable bonds is 4. The molecule has 0 bridgehead atoms. The maximum Gasteiger partial charge on any atom is 0.337 e. The lowest BCUT2D eigenvalue weighted by molar-refractivity contribution is 0.0696. The third-order valence-electron chi connectivity index (χ3n) is 2.88. The van der Waals surface area contributed by atoms with Crippen LogP contribution in [-0.4, -0.2) is 25.7 Å². The van der Waals surface area contributed by atoms with Gasteiger partial charge < -0.3 is 9.84 Å². The van der Waals surface area contributed by atoms with E-state index in [9.17, 15) is 4.79 Å². The number of ether oxygens (including phenoxy) is 1. The molecule has 0 amide bonds. The second-order valence-corrected chi connectivity index (χ2v) is 4.75. The highest BCUT2D eigenvalue weighted by Gasteiger charge is 2.10. The first-order valence-electron chi connectivity index (χ1n) is 6.09. The van der Waals surface area contributed by atoms with Crippen molar-refractivity contribution in [3.8, 4) is 5.75 Å². The SMILES string of the molecule is O=C(O)c1ccc2nnc(COc3cccc(Cl)c3)n2c1. The van der Waals surface area contributed by atoms with Crippen molar-refractivity contribution in [1.82, 2.24) is 14.6 Å². The minimum Gasteiger partial charge on any atom is -0.486 e. The Morgan fingerprint density at radius 3 is 2.90 bits per heavy atom. The van der Waals surface area contributed by atoms with E-state index in [1.807, 2.05) is 0 Å². The van der Waals surface area contributed by atoms with Crippen molar-refractivity contribution in [2.24, 2.45) is 0 Å². The van der Waals surface area contributed by atoms with E-state index in [0.29, 0.717) is 22.2 Å².